The summed E-state index contributed by atoms with van der Waals surface area (Å²) in [5.41, 5.74) is 5.45. The molecular weight excluding hydrogens is 230 g/mol. The van der Waals surface area contributed by atoms with Crippen LogP contribution >= 0.6 is 0 Å². The van der Waals surface area contributed by atoms with Gasteiger partial charge in [0.05, 0.1) is 0 Å². The lowest BCUT2D eigenvalue weighted by molar-refractivity contribution is 0.590. The Morgan fingerprint density at radius 2 is 1.53 bits per heavy atom. The number of hydrogen-bond donors (Lipinski definition) is 1. The molecule has 0 saturated heterocycles. The van der Waals surface area contributed by atoms with E-state index in [9.17, 15) is 0 Å². The van der Waals surface area contributed by atoms with Gasteiger partial charge in [-0.15, -0.1) is 0 Å². The maximum Gasteiger partial charge on any atom is 0.0403 e. The third-order valence-electron chi connectivity index (χ3n) is 3.50. The molecule has 0 spiro atoms. The van der Waals surface area contributed by atoms with Crippen molar-refractivity contribution in [3.63, 3.8) is 0 Å². The minimum atomic E-state index is 0.217. The van der Waals surface area contributed by atoms with Gasteiger partial charge in [0.25, 0.3) is 0 Å². The monoisotopic (exact) mass is 253 g/mol. The van der Waals surface area contributed by atoms with E-state index < -0.39 is 0 Å². The highest BCUT2D eigenvalue weighted by molar-refractivity contribution is 5.46. The second-order valence-corrected chi connectivity index (χ2v) is 6.11. The predicted octanol–water partition coefficient (Wildman–Crippen LogP) is 4.90. The zero-order valence-electron chi connectivity index (χ0n) is 12.3. The smallest absolute Gasteiger partial charge is 0.0403 e. The zero-order chi connectivity index (χ0) is 13.9. The predicted molar refractivity (Wildman–Crippen MR) is 83.6 cm³/mol. The van der Waals surface area contributed by atoms with Crippen LogP contribution in [-0.4, -0.2) is 0 Å². The molecule has 0 heterocycles. The minimum Gasteiger partial charge on any atom is -0.381 e. The molecule has 0 fully saturated rings. The lowest BCUT2D eigenvalue weighted by Gasteiger charge is -2.19. The summed E-state index contributed by atoms with van der Waals surface area (Å²) >= 11 is 0. The second kappa shape index (κ2) is 5.48. The first-order chi connectivity index (χ1) is 8.97. The molecule has 0 aliphatic heterocycles. The van der Waals surface area contributed by atoms with E-state index in [1.807, 2.05) is 0 Å². The highest BCUT2D eigenvalue weighted by Gasteiger charge is 2.12. The second-order valence-electron chi connectivity index (χ2n) is 6.11. The largest absolute Gasteiger partial charge is 0.381 e. The van der Waals surface area contributed by atoms with Crippen LogP contribution in [0.4, 0.5) is 5.69 Å². The summed E-state index contributed by atoms with van der Waals surface area (Å²) in [4.78, 5) is 0. The van der Waals surface area contributed by atoms with Crippen molar-refractivity contribution >= 4 is 5.69 Å². The molecule has 1 nitrogen and oxygen atoms in total. The Kier molecular flexibility index (Phi) is 3.94. The Morgan fingerprint density at radius 3 is 2.11 bits per heavy atom. The molecule has 2 aromatic carbocycles. The molecular formula is C18H23N. The summed E-state index contributed by atoms with van der Waals surface area (Å²) in [6.45, 7) is 9.75. The molecule has 100 valence electrons. The van der Waals surface area contributed by atoms with E-state index in [2.05, 4.69) is 81.5 Å². The molecule has 19 heavy (non-hydrogen) atoms. The van der Waals surface area contributed by atoms with E-state index >= 15 is 0 Å². The van der Waals surface area contributed by atoms with Crippen LogP contribution in [0.1, 0.15) is 37.5 Å². The maximum atomic E-state index is 3.48. The van der Waals surface area contributed by atoms with Crippen molar-refractivity contribution < 1.29 is 0 Å². The van der Waals surface area contributed by atoms with Gasteiger partial charge in [-0.05, 0) is 41.2 Å². The van der Waals surface area contributed by atoms with Crippen LogP contribution in [0.15, 0.2) is 48.5 Å². The SMILES string of the molecule is Cc1ccccc1CNc1ccc(C(C)(C)C)cc1. The summed E-state index contributed by atoms with van der Waals surface area (Å²) < 4.78 is 0. The summed E-state index contributed by atoms with van der Waals surface area (Å²) in [5.74, 6) is 0. The van der Waals surface area contributed by atoms with E-state index in [1.54, 1.807) is 0 Å². The molecule has 0 atom stereocenters. The molecule has 0 bridgehead atoms. The minimum absolute atomic E-state index is 0.217. The number of rotatable bonds is 3. The van der Waals surface area contributed by atoms with E-state index in [0.717, 1.165) is 6.54 Å². The summed E-state index contributed by atoms with van der Waals surface area (Å²) in [6, 6.07) is 17.2. The first kappa shape index (κ1) is 13.7. The molecule has 0 saturated carbocycles. The van der Waals surface area contributed by atoms with Crippen molar-refractivity contribution in [3.8, 4) is 0 Å². The summed E-state index contributed by atoms with van der Waals surface area (Å²) in [6.07, 6.45) is 0. The fraction of sp³-hybridized carbons (Fsp3) is 0.333. The first-order valence-electron chi connectivity index (χ1n) is 6.86. The van der Waals surface area contributed by atoms with Gasteiger partial charge in [0.15, 0.2) is 0 Å². The number of aryl methyl sites for hydroxylation is 1. The molecule has 1 heteroatoms. The Bertz CT molecular complexity index is 532. The molecule has 0 unspecified atom stereocenters. The Balaban J connectivity index is 2.03. The summed E-state index contributed by atoms with van der Waals surface area (Å²) in [7, 11) is 0. The van der Waals surface area contributed by atoms with Crippen molar-refractivity contribution in [3.05, 3.63) is 65.2 Å². The maximum absolute atomic E-state index is 3.48. The van der Waals surface area contributed by atoms with Crippen molar-refractivity contribution in [1.82, 2.24) is 0 Å². The summed E-state index contributed by atoms with van der Waals surface area (Å²) in [5, 5.41) is 3.48. The Labute approximate surface area is 116 Å². The van der Waals surface area contributed by atoms with Gasteiger partial charge >= 0.3 is 0 Å². The first-order valence-corrected chi connectivity index (χ1v) is 6.86. The molecule has 1 N–H and O–H groups in total. The van der Waals surface area contributed by atoms with Crippen LogP contribution in [0.5, 0.6) is 0 Å². The van der Waals surface area contributed by atoms with Crippen molar-refractivity contribution in [2.45, 2.75) is 39.7 Å². The van der Waals surface area contributed by atoms with Crippen LogP contribution in [0.3, 0.4) is 0 Å². The van der Waals surface area contributed by atoms with Crippen molar-refractivity contribution in [1.29, 1.82) is 0 Å². The molecule has 0 aromatic heterocycles. The molecule has 0 aliphatic rings. The number of nitrogens with one attached hydrogen (secondary N) is 1. The number of benzene rings is 2. The van der Waals surface area contributed by atoms with Crippen molar-refractivity contribution in [2.75, 3.05) is 5.32 Å². The number of anilines is 1. The van der Waals surface area contributed by atoms with Gasteiger partial charge in [-0.2, -0.15) is 0 Å². The fourth-order valence-corrected chi connectivity index (χ4v) is 2.09. The van der Waals surface area contributed by atoms with Crippen LogP contribution in [0, 0.1) is 6.92 Å². The lowest BCUT2D eigenvalue weighted by atomic mass is 9.87. The van der Waals surface area contributed by atoms with E-state index in [-0.39, 0.29) is 5.41 Å². The highest BCUT2D eigenvalue weighted by atomic mass is 14.9. The van der Waals surface area contributed by atoms with E-state index in [0.29, 0.717) is 0 Å². The lowest BCUT2D eigenvalue weighted by Crippen LogP contribution is -2.10. The topological polar surface area (TPSA) is 12.0 Å². The molecule has 0 radical (unpaired) electrons. The zero-order valence-corrected chi connectivity index (χ0v) is 12.3. The average Bonchev–Trinajstić information content (AvgIpc) is 2.37. The van der Waals surface area contributed by atoms with Gasteiger partial charge in [0.2, 0.25) is 0 Å². The van der Waals surface area contributed by atoms with Crippen LogP contribution in [-0.2, 0) is 12.0 Å². The average molecular weight is 253 g/mol. The Morgan fingerprint density at radius 1 is 0.895 bits per heavy atom. The van der Waals surface area contributed by atoms with Crippen LogP contribution < -0.4 is 5.32 Å². The van der Waals surface area contributed by atoms with Crippen molar-refractivity contribution in [2.24, 2.45) is 0 Å². The van der Waals surface area contributed by atoms with Gasteiger partial charge in [-0.3, -0.25) is 0 Å². The third kappa shape index (κ3) is 3.60. The normalized spacial score (nSPS) is 11.4. The standard InChI is InChI=1S/C18H23N/c1-14-7-5-6-8-15(14)13-19-17-11-9-16(10-12-17)18(2,3)4/h5-12,19H,13H2,1-4H3. The van der Waals surface area contributed by atoms with Gasteiger partial charge in [0, 0.05) is 12.2 Å². The fourth-order valence-electron chi connectivity index (χ4n) is 2.09. The molecule has 0 amide bonds. The quantitative estimate of drug-likeness (QED) is 0.820. The van der Waals surface area contributed by atoms with Gasteiger partial charge in [-0.1, -0.05) is 57.2 Å². The molecule has 0 aliphatic carbocycles. The van der Waals surface area contributed by atoms with E-state index in [1.165, 1.54) is 22.4 Å². The molecule has 2 aromatic rings. The van der Waals surface area contributed by atoms with Gasteiger partial charge in [0.1, 0.15) is 0 Å². The van der Waals surface area contributed by atoms with E-state index in [4.69, 9.17) is 0 Å². The molecule has 2 rings (SSSR count). The Hall–Kier alpha value is -1.76. The van der Waals surface area contributed by atoms with Gasteiger partial charge in [-0.25, -0.2) is 0 Å². The van der Waals surface area contributed by atoms with Crippen LogP contribution in [0.2, 0.25) is 0 Å². The third-order valence-corrected chi connectivity index (χ3v) is 3.50. The van der Waals surface area contributed by atoms with Crippen LogP contribution in [0.25, 0.3) is 0 Å². The number of hydrogen-bond acceptors (Lipinski definition) is 1. The highest BCUT2D eigenvalue weighted by Crippen LogP contribution is 2.23. The van der Waals surface area contributed by atoms with Gasteiger partial charge < -0.3 is 5.32 Å².